The molecule has 3 rings (SSSR count). The minimum Gasteiger partial charge on any atom is -0.493 e. The van der Waals surface area contributed by atoms with Gasteiger partial charge >= 0.3 is 0 Å². The quantitative estimate of drug-likeness (QED) is 0.502. The van der Waals surface area contributed by atoms with E-state index in [2.05, 4.69) is 0 Å². The minimum atomic E-state index is -0.105. The van der Waals surface area contributed by atoms with Crippen LogP contribution < -0.4 is 9.47 Å². The molecule has 0 unspecified atom stereocenters. The molecule has 1 atom stereocenters. The normalized spacial score (nSPS) is 16.7. The van der Waals surface area contributed by atoms with E-state index in [0.29, 0.717) is 27.3 Å². The highest BCUT2D eigenvalue weighted by Crippen LogP contribution is 2.35. The Balaban J connectivity index is 1.82. The van der Waals surface area contributed by atoms with Gasteiger partial charge < -0.3 is 9.47 Å². The number of benzene rings is 2. The third-order valence-corrected chi connectivity index (χ3v) is 5.63. The second kappa shape index (κ2) is 8.59. The van der Waals surface area contributed by atoms with E-state index in [9.17, 15) is 4.79 Å². The molecule has 1 amide bonds. The van der Waals surface area contributed by atoms with E-state index in [4.69, 9.17) is 21.7 Å². The Bertz CT molecular complexity index is 880. The highest BCUT2D eigenvalue weighted by atomic mass is 32.2. The molecular formula is C21H21NO3S2. The Labute approximate surface area is 169 Å². The van der Waals surface area contributed by atoms with Crippen molar-refractivity contribution >= 4 is 40.3 Å². The van der Waals surface area contributed by atoms with Gasteiger partial charge in [0.1, 0.15) is 10.4 Å². The number of likely N-dealkylation sites (N-methyl/N-ethyl adjacent to an activating group) is 1. The molecule has 1 aliphatic rings. The van der Waals surface area contributed by atoms with Crippen LogP contribution in [0.1, 0.15) is 31.1 Å². The summed E-state index contributed by atoms with van der Waals surface area (Å²) in [6.45, 7) is 4.49. The summed E-state index contributed by atoms with van der Waals surface area (Å²) < 4.78 is 12.2. The van der Waals surface area contributed by atoms with E-state index in [1.165, 1.54) is 11.8 Å². The van der Waals surface area contributed by atoms with Gasteiger partial charge in [-0.05, 0) is 43.2 Å². The van der Waals surface area contributed by atoms with Gasteiger partial charge in [-0.1, -0.05) is 60.4 Å². The van der Waals surface area contributed by atoms with Gasteiger partial charge in [0.05, 0.1) is 12.0 Å². The maximum Gasteiger partial charge on any atom is 0.266 e. The van der Waals surface area contributed by atoms with Crippen LogP contribution in [-0.2, 0) is 4.79 Å². The summed E-state index contributed by atoms with van der Waals surface area (Å²) in [5.41, 5.74) is 1.95. The number of carbonyl (C=O) groups is 1. The van der Waals surface area contributed by atoms with E-state index in [1.54, 1.807) is 12.0 Å². The second-order valence-electron chi connectivity index (χ2n) is 6.01. The van der Waals surface area contributed by atoms with E-state index in [1.807, 2.05) is 68.5 Å². The van der Waals surface area contributed by atoms with Gasteiger partial charge in [0.15, 0.2) is 11.5 Å². The first-order valence-corrected chi connectivity index (χ1v) is 9.91. The summed E-state index contributed by atoms with van der Waals surface area (Å²) in [4.78, 5) is 14.6. The maximum absolute atomic E-state index is 12.4. The van der Waals surface area contributed by atoms with E-state index in [0.717, 1.165) is 11.1 Å². The van der Waals surface area contributed by atoms with Crippen LogP contribution in [0.15, 0.2) is 53.4 Å². The Kier molecular flexibility index (Phi) is 6.19. The van der Waals surface area contributed by atoms with Crippen LogP contribution in [0.25, 0.3) is 6.08 Å². The lowest BCUT2D eigenvalue weighted by molar-refractivity contribution is -0.121. The van der Waals surface area contributed by atoms with Crippen LogP contribution in [0, 0.1) is 0 Å². The third-order valence-electron chi connectivity index (χ3n) is 4.25. The number of nitrogens with zero attached hydrogens (tertiary/aromatic N) is 1. The molecule has 0 radical (unpaired) electrons. The monoisotopic (exact) mass is 399 g/mol. The maximum atomic E-state index is 12.4. The number of thiocarbonyl (C=S) groups is 1. The number of hydrogen-bond donors (Lipinski definition) is 0. The Morgan fingerprint density at radius 2 is 1.93 bits per heavy atom. The van der Waals surface area contributed by atoms with Gasteiger partial charge in [-0.25, -0.2) is 0 Å². The first kappa shape index (κ1) is 19.5. The molecule has 0 N–H and O–H groups in total. The largest absolute Gasteiger partial charge is 0.493 e. The Hall–Kier alpha value is -2.31. The molecule has 2 aromatic rings. The molecule has 1 saturated heterocycles. The lowest BCUT2D eigenvalue weighted by atomic mass is 10.1. The van der Waals surface area contributed by atoms with Crippen LogP contribution in [-0.4, -0.2) is 28.8 Å². The lowest BCUT2D eigenvalue weighted by Gasteiger charge is -2.17. The summed E-state index contributed by atoms with van der Waals surface area (Å²) in [7, 11) is 1.61. The van der Waals surface area contributed by atoms with Crippen molar-refractivity contribution in [2.45, 2.75) is 20.0 Å². The molecule has 1 fully saturated rings. The van der Waals surface area contributed by atoms with E-state index < -0.39 is 0 Å². The lowest BCUT2D eigenvalue weighted by Crippen LogP contribution is -2.27. The molecule has 2 aromatic carbocycles. The molecule has 1 aliphatic heterocycles. The summed E-state index contributed by atoms with van der Waals surface area (Å²) >= 11 is 6.58. The zero-order chi connectivity index (χ0) is 19.4. The number of methoxy groups -OCH3 is 1. The van der Waals surface area contributed by atoms with Gasteiger partial charge in [0.25, 0.3) is 5.91 Å². The fourth-order valence-corrected chi connectivity index (χ4v) is 4.16. The van der Waals surface area contributed by atoms with Crippen LogP contribution in [0.5, 0.6) is 11.5 Å². The molecule has 6 heteroatoms. The number of thioether (sulfide) groups is 1. The van der Waals surface area contributed by atoms with Crippen molar-refractivity contribution in [1.82, 2.24) is 4.90 Å². The number of ether oxygens (including phenoxy) is 2. The fourth-order valence-electron chi connectivity index (χ4n) is 2.78. The highest BCUT2D eigenvalue weighted by molar-refractivity contribution is 8.26. The van der Waals surface area contributed by atoms with Gasteiger partial charge in [0, 0.05) is 6.54 Å². The van der Waals surface area contributed by atoms with Gasteiger partial charge in [-0.3, -0.25) is 9.69 Å². The second-order valence-corrected chi connectivity index (χ2v) is 7.68. The average Bonchev–Trinajstić information content (AvgIpc) is 2.96. The topological polar surface area (TPSA) is 38.8 Å². The minimum absolute atomic E-state index is 0.0514. The van der Waals surface area contributed by atoms with Crippen molar-refractivity contribution in [3.05, 3.63) is 64.6 Å². The van der Waals surface area contributed by atoms with Gasteiger partial charge in [-0.2, -0.15) is 0 Å². The Morgan fingerprint density at radius 1 is 1.19 bits per heavy atom. The predicted octanol–water partition coefficient (Wildman–Crippen LogP) is 5.06. The molecule has 27 heavy (non-hydrogen) atoms. The average molecular weight is 400 g/mol. The predicted molar refractivity (Wildman–Crippen MR) is 114 cm³/mol. The molecule has 0 spiro atoms. The molecule has 0 bridgehead atoms. The Morgan fingerprint density at radius 3 is 2.56 bits per heavy atom. The first-order valence-electron chi connectivity index (χ1n) is 8.68. The zero-order valence-electron chi connectivity index (χ0n) is 15.5. The van der Waals surface area contributed by atoms with Crippen LogP contribution in [0.4, 0.5) is 0 Å². The van der Waals surface area contributed by atoms with E-state index >= 15 is 0 Å². The summed E-state index contributed by atoms with van der Waals surface area (Å²) in [6, 6.07) is 15.7. The molecule has 4 nitrogen and oxygen atoms in total. The number of hydrogen-bond acceptors (Lipinski definition) is 5. The fraction of sp³-hybridized carbons (Fsp3) is 0.238. The summed E-state index contributed by atoms with van der Waals surface area (Å²) in [6.07, 6.45) is 1.73. The van der Waals surface area contributed by atoms with Crippen molar-refractivity contribution in [3.63, 3.8) is 0 Å². The van der Waals surface area contributed by atoms with E-state index in [-0.39, 0.29) is 12.0 Å². The van der Waals surface area contributed by atoms with Gasteiger partial charge in [0.2, 0.25) is 0 Å². The van der Waals surface area contributed by atoms with Crippen molar-refractivity contribution in [2.24, 2.45) is 0 Å². The molecule has 1 heterocycles. The van der Waals surface area contributed by atoms with Crippen LogP contribution in [0.2, 0.25) is 0 Å². The standard InChI is InChI=1S/C21H21NO3S2/c1-4-22-20(23)19(27-21(22)26)13-15-10-11-17(18(12-15)24-3)25-14(2)16-8-6-5-7-9-16/h5-14H,4H2,1-3H3/b19-13-/t14-/m1/s1. The van der Waals surface area contributed by atoms with Crippen molar-refractivity contribution in [2.75, 3.05) is 13.7 Å². The molecule has 0 aliphatic carbocycles. The zero-order valence-corrected chi connectivity index (χ0v) is 17.1. The SMILES string of the molecule is CCN1C(=O)/C(=C/c2ccc(O[C@H](C)c3ccccc3)c(OC)c2)SC1=S. The molecular weight excluding hydrogens is 378 g/mol. The summed E-state index contributed by atoms with van der Waals surface area (Å²) in [5, 5.41) is 0. The third kappa shape index (κ3) is 4.34. The number of carbonyl (C=O) groups excluding carboxylic acids is 1. The van der Waals surface area contributed by atoms with Crippen molar-refractivity contribution < 1.29 is 14.3 Å². The highest BCUT2D eigenvalue weighted by Gasteiger charge is 2.30. The van der Waals surface area contributed by atoms with Gasteiger partial charge in [-0.15, -0.1) is 0 Å². The first-order chi connectivity index (χ1) is 13.0. The smallest absolute Gasteiger partial charge is 0.266 e. The van der Waals surface area contributed by atoms with Crippen LogP contribution >= 0.6 is 24.0 Å². The molecule has 0 saturated carbocycles. The number of rotatable bonds is 6. The van der Waals surface area contributed by atoms with Crippen molar-refractivity contribution in [3.8, 4) is 11.5 Å². The van der Waals surface area contributed by atoms with Crippen LogP contribution in [0.3, 0.4) is 0 Å². The summed E-state index contributed by atoms with van der Waals surface area (Å²) in [5.74, 6) is 1.23. The van der Waals surface area contributed by atoms with Crippen molar-refractivity contribution in [1.29, 1.82) is 0 Å². The molecule has 140 valence electrons. The number of amides is 1. The molecule has 0 aromatic heterocycles.